The van der Waals surface area contributed by atoms with E-state index < -0.39 is 29.4 Å². The number of anilines is 1. The summed E-state index contributed by atoms with van der Waals surface area (Å²) in [6.45, 7) is -0.492. The summed E-state index contributed by atoms with van der Waals surface area (Å²) in [5, 5.41) is 12.0. The van der Waals surface area contributed by atoms with Crippen molar-refractivity contribution < 1.29 is 23.9 Å². The lowest BCUT2D eigenvalue weighted by atomic mass is 10.2. The SMILES string of the molecule is O=C(CN1C(=O)S/C(=C/c2cc(I)cc(I)c2O)C1=O)Nc1cccc(F)c1. The second-order valence-electron chi connectivity index (χ2n) is 5.65. The van der Waals surface area contributed by atoms with E-state index in [1.807, 2.05) is 22.6 Å². The number of hydrogen-bond acceptors (Lipinski definition) is 5. The van der Waals surface area contributed by atoms with Crippen molar-refractivity contribution in [2.24, 2.45) is 0 Å². The molecular formula is C18H11FI2N2O4S. The van der Waals surface area contributed by atoms with E-state index in [-0.39, 0.29) is 16.3 Å². The van der Waals surface area contributed by atoms with Gasteiger partial charge in [-0.2, -0.15) is 0 Å². The number of aromatic hydroxyl groups is 1. The number of nitrogens with one attached hydrogen (secondary N) is 1. The summed E-state index contributed by atoms with van der Waals surface area (Å²) in [6, 6.07) is 8.75. The molecule has 0 aliphatic carbocycles. The number of rotatable bonds is 4. The smallest absolute Gasteiger partial charge is 0.294 e. The number of halogens is 3. The Balaban J connectivity index is 1.76. The Labute approximate surface area is 190 Å². The number of hydrogen-bond donors (Lipinski definition) is 2. The number of imide groups is 1. The highest BCUT2D eigenvalue weighted by Crippen LogP contribution is 2.35. The molecule has 0 bridgehead atoms. The van der Waals surface area contributed by atoms with Gasteiger partial charge >= 0.3 is 0 Å². The third-order valence-corrected chi connectivity index (χ3v) is 5.98. The Hall–Kier alpha value is -1.67. The molecular weight excluding hydrogens is 613 g/mol. The lowest BCUT2D eigenvalue weighted by Crippen LogP contribution is -2.36. The van der Waals surface area contributed by atoms with Crippen LogP contribution in [0.25, 0.3) is 6.08 Å². The number of amides is 3. The zero-order valence-electron chi connectivity index (χ0n) is 13.9. The number of phenols is 1. The largest absolute Gasteiger partial charge is 0.506 e. The molecule has 2 N–H and O–H groups in total. The first-order chi connectivity index (χ1) is 13.2. The van der Waals surface area contributed by atoms with Crippen molar-refractivity contribution in [3.05, 3.63) is 59.8 Å². The lowest BCUT2D eigenvalue weighted by molar-refractivity contribution is -0.127. The normalized spacial score (nSPS) is 15.4. The molecule has 0 saturated carbocycles. The van der Waals surface area contributed by atoms with E-state index in [1.54, 1.807) is 12.1 Å². The average molecular weight is 624 g/mol. The standard InChI is InChI=1S/C18H11FI2N2O4S/c19-10-2-1-3-12(6-10)22-15(24)8-23-17(26)14(28-18(23)27)5-9-4-11(20)7-13(21)16(9)25/h1-7,25H,8H2,(H,22,24)/b14-5+. The van der Waals surface area contributed by atoms with Gasteiger partial charge in [0.1, 0.15) is 18.1 Å². The number of benzene rings is 2. The Morgan fingerprint density at radius 1 is 1.25 bits per heavy atom. The Morgan fingerprint density at radius 3 is 2.71 bits per heavy atom. The first-order valence-electron chi connectivity index (χ1n) is 7.73. The maximum absolute atomic E-state index is 13.2. The molecule has 1 aliphatic rings. The molecule has 0 radical (unpaired) electrons. The van der Waals surface area contributed by atoms with Crippen LogP contribution in [-0.2, 0) is 9.59 Å². The van der Waals surface area contributed by atoms with Gasteiger partial charge in [0.15, 0.2) is 0 Å². The molecule has 1 aliphatic heterocycles. The quantitative estimate of drug-likeness (QED) is 0.389. The van der Waals surface area contributed by atoms with Crippen LogP contribution in [0.4, 0.5) is 14.9 Å². The van der Waals surface area contributed by atoms with E-state index in [4.69, 9.17) is 0 Å². The van der Waals surface area contributed by atoms with Gasteiger partial charge in [-0.15, -0.1) is 0 Å². The number of thioether (sulfide) groups is 1. The molecule has 0 atom stereocenters. The fourth-order valence-corrected chi connectivity index (χ4v) is 5.10. The van der Waals surface area contributed by atoms with Gasteiger partial charge in [0.25, 0.3) is 11.1 Å². The highest BCUT2D eigenvalue weighted by atomic mass is 127. The number of nitrogens with zero attached hydrogens (tertiary/aromatic N) is 1. The molecule has 0 spiro atoms. The summed E-state index contributed by atoms with van der Waals surface area (Å²) < 4.78 is 14.7. The summed E-state index contributed by atoms with van der Waals surface area (Å²) in [5.41, 5.74) is 0.636. The summed E-state index contributed by atoms with van der Waals surface area (Å²) in [4.78, 5) is 37.7. The zero-order valence-corrected chi connectivity index (χ0v) is 19.0. The van der Waals surface area contributed by atoms with Crippen molar-refractivity contribution in [1.29, 1.82) is 0 Å². The van der Waals surface area contributed by atoms with Crippen LogP contribution in [0.2, 0.25) is 0 Å². The predicted octanol–water partition coefficient (Wildman–Crippen LogP) is 4.42. The summed E-state index contributed by atoms with van der Waals surface area (Å²) >= 11 is 4.74. The van der Waals surface area contributed by atoms with E-state index in [1.165, 1.54) is 24.3 Å². The topological polar surface area (TPSA) is 86.7 Å². The van der Waals surface area contributed by atoms with Crippen LogP contribution < -0.4 is 5.32 Å². The van der Waals surface area contributed by atoms with Gasteiger partial charge in [-0.05, 0) is 93.4 Å². The van der Waals surface area contributed by atoms with Crippen LogP contribution in [0.5, 0.6) is 5.75 Å². The van der Waals surface area contributed by atoms with Gasteiger partial charge in [0, 0.05) is 14.8 Å². The molecule has 1 saturated heterocycles. The Morgan fingerprint density at radius 2 is 2.00 bits per heavy atom. The van der Waals surface area contributed by atoms with Gasteiger partial charge in [-0.1, -0.05) is 6.07 Å². The van der Waals surface area contributed by atoms with Crippen molar-refractivity contribution in [2.75, 3.05) is 11.9 Å². The monoisotopic (exact) mass is 624 g/mol. The Bertz CT molecular complexity index is 1030. The average Bonchev–Trinajstić information content (AvgIpc) is 2.86. The van der Waals surface area contributed by atoms with Crippen LogP contribution >= 0.6 is 56.9 Å². The molecule has 1 heterocycles. The minimum Gasteiger partial charge on any atom is -0.506 e. The second-order valence-corrected chi connectivity index (χ2v) is 9.05. The molecule has 1 fully saturated rings. The van der Waals surface area contributed by atoms with Gasteiger partial charge in [0.05, 0.1) is 8.48 Å². The van der Waals surface area contributed by atoms with Crippen LogP contribution in [0.15, 0.2) is 41.3 Å². The minimum absolute atomic E-state index is 0.0108. The molecule has 144 valence electrons. The summed E-state index contributed by atoms with van der Waals surface area (Å²) in [5.74, 6) is -1.76. The molecule has 6 nitrogen and oxygen atoms in total. The molecule has 0 aromatic heterocycles. The van der Waals surface area contributed by atoms with Crippen molar-refractivity contribution in [1.82, 2.24) is 4.90 Å². The van der Waals surface area contributed by atoms with E-state index in [0.29, 0.717) is 20.9 Å². The fourth-order valence-electron chi connectivity index (χ4n) is 2.38. The molecule has 0 unspecified atom stereocenters. The highest BCUT2D eigenvalue weighted by Gasteiger charge is 2.36. The van der Waals surface area contributed by atoms with Crippen molar-refractivity contribution in [2.45, 2.75) is 0 Å². The van der Waals surface area contributed by atoms with Crippen LogP contribution in [0.3, 0.4) is 0 Å². The number of carbonyl (C=O) groups excluding carboxylic acids is 3. The van der Waals surface area contributed by atoms with E-state index in [9.17, 15) is 23.9 Å². The Kier molecular flexibility index (Phi) is 6.60. The maximum atomic E-state index is 13.2. The summed E-state index contributed by atoms with van der Waals surface area (Å²) in [7, 11) is 0. The van der Waals surface area contributed by atoms with Gasteiger partial charge in [-0.3, -0.25) is 19.3 Å². The number of carbonyl (C=O) groups is 3. The molecule has 3 amide bonds. The molecule has 2 aromatic rings. The third-order valence-electron chi connectivity index (χ3n) is 3.63. The second kappa shape index (κ2) is 8.78. The minimum atomic E-state index is -0.627. The highest BCUT2D eigenvalue weighted by molar-refractivity contribution is 14.1. The van der Waals surface area contributed by atoms with E-state index in [2.05, 4.69) is 27.9 Å². The van der Waals surface area contributed by atoms with Crippen LogP contribution in [-0.4, -0.2) is 33.6 Å². The van der Waals surface area contributed by atoms with Gasteiger partial charge in [-0.25, -0.2) is 4.39 Å². The first-order valence-corrected chi connectivity index (χ1v) is 10.7. The van der Waals surface area contributed by atoms with Gasteiger partial charge in [0.2, 0.25) is 5.91 Å². The van der Waals surface area contributed by atoms with Gasteiger partial charge < -0.3 is 10.4 Å². The molecule has 28 heavy (non-hydrogen) atoms. The van der Waals surface area contributed by atoms with E-state index >= 15 is 0 Å². The predicted molar refractivity (Wildman–Crippen MR) is 121 cm³/mol. The van der Waals surface area contributed by atoms with Crippen molar-refractivity contribution in [3.8, 4) is 5.75 Å². The van der Waals surface area contributed by atoms with Crippen molar-refractivity contribution >= 4 is 85.8 Å². The summed E-state index contributed by atoms with van der Waals surface area (Å²) in [6.07, 6.45) is 1.43. The fraction of sp³-hybridized carbons (Fsp3) is 0.0556. The molecule has 2 aromatic carbocycles. The van der Waals surface area contributed by atoms with E-state index in [0.717, 1.165) is 14.5 Å². The van der Waals surface area contributed by atoms with Crippen molar-refractivity contribution in [3.63, 3.8) is 0 Å². The third kappa shape index (κ3) is 4.84. The first kappa shape index (κ1) is 21.0. The van der Waals surface area contributed by atoms with Crippen LogP contribution in [0.1, 0.15) is 5.56 Å². The van der Waals surface area contributed by atoms with Crippen LogP contribution in [0, 0.1) is 13.0 Å². The maximum Gasteiger partial charge on any atom is 0.294 e. The zero-order chi connectivity index (χ0) is 20.4. The molecule has 10 heteroatoms. The number of phenolic OH excluding ortho intramolecular Hbond substituents is 1. The lowest BCUT2D eigenvalue weighted by Gasteiger charge is -2.12. The molecule has 3 rings (SSSR count).